The highest BCUT2D eigenvalue weighted by Crippen LogP contribution is 2.42. The van der Waals surface area contributed by atoms with Gasteiger partial charge in [-0.25, -0.2) is 4.39 Å². The molecule has 0 unspecified atom stereocenters. The van der Waals surface area contributed by atoms with Crippen molar-refractivity contribution in [1.82, 2.24) is 0 Å². The first-order valence-electron chi connectivity index (χ1n) is 3.93. The summed E-state index contributed by atoms with van der Waals surface area (Å²) in [6.45, 7) is 1.95. The van der Waals surface area contributed by atoms with E-state index in [1.165, 1.54) is 6.08 Å². The fourth-order valence-electron chi connectivity index (χ4n) is 0.648. The van der Waals surface area contributed by atoms with Gasteiger partial charge in [0.15, 0.2) is 0 Å². The molecule has 0 aromatic carbocycles. The average molecular weight is 280 g/mol. The highest BCUT2D eigenvalue weighted by molar-refractivity contribution is 9.10. The van der Waals surface area contributed by atoms with E-state index in [9.17, 15) is 13.2 Å². The second-order valence-electron chi connectivity index (χ2n) is 2.67. The molecule has 0 N–H and O–H groups in total. The second kappa shape index (κ2) is 5.25. The molecule has 0 aliphatic carbocycles. The Balaban J connectivity index is 4.09. The van der Waals surface area contributed by atoms with E-state index < -0.39 is 9.96 Å². The summed E-state index contributed by atoms with van der Waals surface area (Å²) in [4.78, 5) is -3.73. The minimum Gasteiger partial charge on any atom is -0.214 e. The Labute approximate surface area is 89.3 Å². The highest BCUT2D eigenvalue weighted by atomic mass is 79.9. The molecule has 0 saturated carbocycles. The SMILES string of the molecule is CCCC/C=C\[C@](F)(Cl)C(F)(F)Br. The molecule has 13 heavy (non-hydrogen) atoms. The summed E-state index contributed by atoms with van der Waals surface area (Å²) in [5.41, 5.74) is 0. The molecule has 5 heteroatoms. The van der Waals surface area contributed by atoms with E-state index in [0.29, 0.717) is 12.5 Å². The minimum atomic E-state index is -3.73. The molecule has 0 saturated heterocycles. The van der Waals surface area contributed by atoms with Gasteiger partial charge in [0.2, 0.25) is 0 Å². The number of allylic oxidation sites excluding steroid dienone is 2. The molecule has 0 radical (unpaired) electrons. The Kier molecular flexibility index (Phi) is 5.37. The molecule has 0 aromatic heterocycles. The van der Waals surface area contributed by atoms with Crippen molar-refractivity contribution in [1.29, 1.82) is 0 Å². The highest BCUT2D eigenvalue weighted by Gasteiger charge is 2.49. The van der Waals surface area contributed by atoms with E-state index in [0.717, 1.165) is 12.8 Å². The van der Waals surface area contributed by atoms with Crippen molar-refractivity contribution < 1.29 is 13.2 Å². The third-order valence-electron chi connectivity index (χ3n) is 1.43. The maximum absolute atomic E-state index is 12.9. The van der Waals surface area contributed by atoms with Crippen LogP contribution in [0.1, 0.15) is 26.2 Å². The first-order chi connectivity index (χ1) is 5.81. The van der Waals surface area contributed by atoms with Crippen LogP contribution in [0.4, 0.5) is 13.2 Å². The lowest BCUT2D eigenvalue weighted by Crippen LogP contribution is -2.31. The van der Waals surface area contributed by atoms with E-state index in [-0.39, 0.29) is 0 Å². The molecular weight excluding hydrogens is 268 g/mol. The summed E-state index contributed by atoms with van der Waals surface area (Å²) in [7, 11) is 0. The van der Waals surface area contributed by atoms with Crippen LogP contribution in [0, 0.1) is 0 Å². The maximum Gasteiger partial charge on any atom is 0.352 e. The van der Waals surface area contributed by atoms with Crippen LogP contribution in [0.2, 0.25) is 0 Å². The molecule has 0 amide bonds. The number of hydrogen-bond acceptors (Lipinski definition) is 0. The summed E-state index contributed by atoms with van der Waals surface area (Å²) in [6, 6.07) is 0. The Morgan fingerprint density at radius 3 is 2.31 bits per heavy atom. The second-order valence-corrected chi connectivity index (χ2v) is 4.21. The van der Waals surface area contributed by atoms with Crippen molar-refractivity contribution in [2.75, 3.05) is 0 Å². The van der Waals surface area contributed by atoms with Crippen LogP contribution in [0.15, 0.2) is 12.2 Å². The Bertz CT molecular complexity index is 175. The Morgan fingerprint density at radius 2 is 1.92 bits per heavy atom. The number of rotatable bonds is 5. The van der Waals surface area contributed by atoms with Crippen molar-refractivity contribution >= 4 is 27.5 Å². The number of alkyl halides is 5. The zero-order valence-corrected chi connectivity index (χ0v) is 9.51. The number of halogens is 5. The van der Waals surface area contributed by atoms with Crippen molar-refractivity contribution in [2.45, 2.75) is 36.1 Å². The van der Waals surface area contributed by atoms with Crippen LogP contribution in [0.25, 0.3) is 0 Å². The largest absolute Gasteiger partial charge is 0.352 e. The van der Waals surface area contributed by atoms with E-state index in [1.54, 1.807) is 0 Å². The molecule has 0 fully saturated rings. The third kappa shape index (κ3) is 4.91. The predicted octanol–water partition coefficient (Wildman–Crippen LogP) is 4.63. The summed E-state index contributed by atoms with van der Waals surface area (Å²) in [6.07, 6.45) is 4.32. The molecule has 0 nitrogen and oxygen atoms in total. The molecule has 0 aliphatic heterocycles. The molecule has 78 valence electrons. The molecule has 0 bridgehead atoms. The van der Waals surface area contributed by atoms with Crippen LogP contribution in [-0.4, -0.2) is 9.96 Å². The average Bonchev–Trinajstić information content (AvgIpc) is 1.96. The van der Waals surface area contributed by atoms with Gasteiger partial charge in [0.25, 0.3) is 5.13 Å². The molecule has 0 heterocycles. The molecule has 0 aliphatic rings. The summed E-state index contributed by atoms with van der Waals surface area (Å²) >= 11 is 6.82. The zero-order valence-electron chi connectivity index (χ0n) is 7.17. The van der Waals surface area contributed by atoms with E-state index in [4.69, 9.17) is 11.6 Å². The fourth-order valence-corrected chi connectivity index (χ4v) is 0.869. The van der Waals surface area contributed by atoms with Gasteiger partial charge in [-0.05, 0) is 28.4 Å². The van der Waals surface area contributed by atoms with Crippen LogP contribution in [-0.2, 0) is 0 Å². The van der Waals surface area contributed by atoms with Gasteiger partial charge in [-0.2, -0.15) is 8.78 Å². The van der Waals surface area contributed by atoms with Crippen molar-refractivity contribution in [3.63, 3.8) is 0 Å². The van der Waals surface area contributed by atoms with Crippen LogP contribution in [0.5, 0.6) is 0 Å². The van der Waals surface area contributed by atoms with Crippen molar-refractivity contribution in [3.8, 4) is 0 Å². The lowest BCUT2D eigenvalue weighted by Gasteiger charge is -2.18. The first-order valence-corrected chi connectivity index (χ1v) is 5.10. The van der Waals surface area contributed by atoms with Gasteiger partial charge in [-0.3, -0.25) is 0 Å². The quantitative estimate of drug-likeness (QED) is 0.391. The Morgan fingerprint density at radius 1 is 1.38 bits per heavy atom. The topological polar surface area (TPSA) is 0 Å². The van der Waals surface area contributed by atoms with Gasteiger partial charge in [0, 0.05) is 0 Å². The standard InChI is InChI=1S/C8H11BrClF3/c1-2-3-4-5-6-7(10,11)8(9,12)13/h5-6H,2-4H2,1H3/b6-5-/t7-/m1/s1. The summed E-state index contributed by atoms with van der Waals surface area (Å²) in [5, 5.41) is -3.14. The first kappa shape index (κ1) is 13.3. The fraction of sp³-hybridized carbons (Fsp3) is 0.750. The molecule has 1 atom stereocenters. The van der Waals surface area contributed by atoms with Crippen molar-refractivity contribution in [3.05, 3.63) is 12.2 Å². The van der Waals surface area contributed by atoms with Crippen LogP contribution < -0.4 is 0 Å². The maximum atomic E-state index is 12.9. The van der Waals surface area contributed by atoms with Gasteiger partial charge >= 0.3 is 4.83 Å². The van der Waals surface area contributed by atoms with Gasteiger partial charge in [-0.1, -0.05) is 37.4 Å². The minimum absolute atomic E-state index is 0.554. The molecule has 0 rings (SSSR count). The van der Waals surface area contributed by atoms with Crippen LogP contribution in [0.3, 0.4) is 0 Å². The lowest BCUT2D eigenvalue weighted by molar-refractivity contribution is 0.0217. The molecule has 0 spiro atoms. The van der Waals surface area contributed by atoms with Gasteiger partial charge in [-0.15, -0.1) is 0 Å². The molecular formula is C8H11BrClF3. The van der Waals surface area contributed by atoms with Gasteiger partial charge in [0.1, 0.15) is 0 Å². The van der Waals surface area contributed by atoms with E-state index >= 15 is 0 Å². The van der Waals surface area contributed by atoms with Gasteiger partial charge in [0.05, 0.1) is 0 Å². The Hall–Kier alpha value is 0.300. The van der Waals surface area contributed by atoms with Gasteiger partial charge < -0.3 is 0 Å². The number of hydrogen-bond donors (Lipinski definition) is 0. The summed E-state index contributed by atoms with van der Waals surface area (Å²) < 4.78 is 37.6. The smallest absolute Gasteiger partial charge is 0.214 e. The third-order valence-corrected chi connectivity index (χ3v) is 2.60. The van der Waals surface area contributed by atoms with Crippen LogP contribution >= 0.6 is 27.5 Å². The van der Waals surface area contributed by atoms with Crippen molar-refractivity contribution in [2.24, 2.45) is 0 Å². The van der Waals surface area contributed by atoms with E-state index in [1.807, 2.05) is 22.9 Å². The zero-order chi connectivity index (χ0) is 10.5. The van der Waals surface area contributed by atoms with E-state index in [2.05, 4.69) is 0 Å². The predicted molar refractivity (Wildman–Crippen MR) is 52.2 cm³/mol. The lowest BCUT2D eigenvalue weighted by atomic mass is 10.2. The monoisotopic (exact) mass is 278 g/mol. The normalized spacial score (nSPS) is 17.7. The summed E-state index contributed by atoms with van der Waals surface area (Å²) in [5.74, 6) is 0. The molecule has 0 aromatic rings. The number of unbranched alkanes of at least 4 members (excludes halogenated alkanes) is 2.